The van der Waals surface area contributed by atoms with Crippen molar-refractivity contribution in [2.75, 3.05) is 0 Å². The predicted octanol–water partition coefficient (Wildman–Crippen LogP) is 5.57. The van der Waals surface area contributed by atoms with Crippen LogP contribution in [0.25, 0.3) is 0 Å². The Hall–Kier alpha value is -0.740. The molecule has 2 N–H and O–H groups in total. The lowest BCUT2D eigenvalue weighted by Gasteiger charge is -2.12. The molecule has 0 saturated carbocycles. The lowest BCUT2D eigenvalue weighted by Crippen LogP contribution is -2.04. The van der Waals surface area contributed by atoms with Gasteiger partial charge in [-0.1, -0.05) is 29.3 Å². The Morgan fingerprint density at radius 1 is 1.11 bits per heavy atom. The van der Waals surface area contributed by atoms with Gasteiger partial charge in [0.2, 0.25) is 0 Å². The Morgan fingerprint density at radius 3 is 2.47 bits per heavy atom. The first-order chi connectivity index (χ1) is 8.97. The third kappa shape index (κ3) is 3.63. The van der Waals surface area contributed by atoms with Crippen LogP contribution in [0.2, 0.25) is 10.0 Å². The van der Waals surface area contributed by atoms with Gasteiger partial charge in [-0.25, -0.2) is 0 Å². The third-order valence-electron chi connectivity index (χ3n) is 2.59. The molecule has 0 spiro atoms. The van der Waals surface area contributed by atoms with Crippen molar-refractivity contribution in [3.8, 4) is 11.5 Å². The first-order valence-electron chi connectivity index (χ1n) is 5.65. The number of hydrogen-bond donors (Lipinski definition) is 1. The van der Waals surface area contributed by atoms with Crippen molar-refractivity contribution in [1.82, 2.24) is 0 Å². The summed E-state index contributed by atoms with van der Waals surface area (Å²) in [6, 6.07) is 10.8. The Bertz CT molecular complexity index is 602. The summed E-state index contributed by atoms with van der Waals surface area (Å²) in [7, 11) is 0. The molecule has 2 nitrogen and oxygen atoms in total. The molecule has 0 aliphatic carbocycles. The molecule has 0 radical (unpaired) electrons. The maximum absolute atomic E-state index is 6.06. The van der Waals surface area contributed by atoms with Gasteiger partial charge in [0.15, 0.2) is 0 Å². The van der Waals surface area contributed by atoms with Gasteiger partial charge in [-0.15, -0.1) is 0 Å². The number of nitrogens with two attached hydrogens (primary N) is 1. The van der Waals surface area contributed by atoms with E-state index in [4.69, 9.17) is 33.7 Å². The van der Waals surface area contributed by atoms with Crippen LogP contribution < -0.4 is 10.5 Å². The van der Waals surface area contributed by atoms with E-state index >= 15 is 0 Å². The molecule has 0 aromatic heterocycles. The molecule has 2 aromatic rings. The van der Waals surface area contributed by atoms with Gasteiger partial charge < -0.3 is 10.5 Å². The molecule has 0 aliphatic rings. The Kier molecular flexibility index (Phi) is 4.74. The molecule has 0 fully saturated rings. The van der Waals surface area contributed by atoms with E-state index < -0.39 is 0 Å². The number of halogens is 3. The molecule has 0 saturated heterocycles. The molecular formula is C14H12BrCl2NO. The first kappa shape index (κ1) is 14.7. The molecule has 100 valence electrons. The zero-order valence-electron chi connectivity index (χ0n) is 10.2. The zero-order valence-corrected chi connectivity index (χ0v) is 13.3. The second kappa shape index (κ2) is 6.14. The van der Waals surface area contributed by atoms with Gasteiger partial charge in [0.1, 0.15) is 11.5 Å². The van der Waals surface area contributed by atoms with E-state index in [2.05, 4.69) is 15.9 Å². The summed E-state index contributed by atoms with van der Waals surface area (Å²) in [6.45, 7) is 1.93. The van der Waals surface area contributed by atoms with Crippen molar-refractivity contribution < 1.29 is 4.74 Å². The van der Waals surface area contributed by atoms with E-state index in [0.29, 0.717) is 21.5 Å². The normalized spacial score (nSPS) is 12.3. The fourth-order valence-corrected chi connectivity index (χ4v) is 2.35. The van der Waals surface area contributed by atoms with Gasteiger partial charge in [-0.2, -0.15) is 0 Å². The van der Waals surface area contributed by atoms with Gasteiger partial charge in [0.25, 0.3) is 0 Å². The Labute approximate surface area is 130 Å². The average molecular weight is 361 g/mol. The van der Waals surface area contributed by atoms with E-state index in [9.17, 15) is 0 Å². The highest BCUT2D eigenvalue weighted by molar-refractivity contribution is 9.10. The fraction of sp³-hybridized carbons (Fsp3) is 0.143. The Balaban J connectivity index is 2.31. The molecule has 2 aromatic carbocycles. The second-order valence-electron chi connectivity index (χ2n) is 4.16. The van der Waals surface area contributed by atoms with Crippen molar-refractivity contribution >= 4 is 39.1 Å². The summed E-state index contributed by atoms with van der Waals surface area (Å²) >= 11 is 15.4. The highest BCUT2D eigenvalue weighted by Gasteiger charge is 2.09. The van der Waals surface area contributed by atoms with Crippen LogP contribution in [0.4, 0.5) is 0 Å². The van der Waals surface area contributed by atoms with Gasteiger partial charge >= 0.3 is 0 Å². The highest BCUT2D eigenvalue weighted by Crippen LogP contribution is 2.36. The number of ether oxygens (including phenoxy) is 1. The minimum Gasteiger partial charge on any atom is -0.455 e. The monoisotopic (exact) mass is 359 g/mol. The minimum absolute atomic E-state index is 0.0277. The molecule has 0 aliphatic heterocycles. The average Bonchev–Trinajstić information content (AvgIpc) is 2.36. The van der Waals surface area contributed by atoms with Gasteiger partial charge in [-0.3, -0.25) is 0 Å². The summed E-state index contributed by atoms with van der Waals surface area (Å²) in [5.74, 6) is 1.18. The molecule has 1 atom stereocenters. The van der Waals surface area contributed by atoms with Crippen molar-refractivity contribution in [2.24, 2.45) is 5.73 Å². The number of benzene rings is 2. The quantitative estimate of drug-likeness (QED) is 0.776. The topological polar surface area (TPSA) is 35.2 Å². The highest BCUT2D eigenvalue weighted by atomic mass is 79.9. The molecule has 0 amide bonds. The largest absolute Gasteiger partial charge is 0.455 e. The van der Waals surface area contributed by atoms with Crippen LogP contribution in [0.5, 0.6) is 11.5 Å². The molecule has 0 bridgehead atoms. The Morgan fingerprint density at radius 2 is 1.84 bits per heavy atom. The van der Waals surface area contributed by atoms with Crippen LogP contribution >= 0.6 is 39.1 Å². The molecule has 5 heteroatoms. The number of hydrogen-bond acceptors (Lipinski definition) is 2. The summed E-state index contributed by atoms with van der Waals surface area (Å²) in [5, 5.41) is 1.08. The second-order valence-corrected chi connectivity index (χ2v) is 5.85. The molecular weight excluding hydrogens is 349 g/mol. The van der Waals surface area contributed by atoms with Gasteiger partial charge in [-0.05, 0) is 52.7 Å². The molecule has 0 unspecified atom stereocenters. The van der Waals surface area contributed by atoms with E-state index in [1.54, 1.807) is 18.2 Å². The van der Waals surface area contributed by atoms with E-state index in [1.807, 2.05) is 25.1 Å². The predicted molar refractivity (Wildman–Crippen MR) is 83.3 cm³/mol. The van der Waals surface area contributed by atoms with Crippen LogP contribution in [0.3, 0.4) is 0 Å². The summed E-state index contributed by atoms with van der Waals surface area (Å²) in [5.41, 5.74) is 6.85. The van der Waals surface area contributed by atoms with Crippen LogP contribution in [0.15, 0.2) is 40.9 Å². The summed E-state index contributed by atoms with van der Waals surface area (Å²) in [4.78, 5) is 0. The van der Waals surface area contributed by atoms with Crippen LogP contribution in [0, 0.1) is 0 Å². The van der Waals surface area contributed by atoms with Crippen molar-refractivity contribution in [3.63, 3.8) is 0 Å². The smallest absolute Gasteiger partial charge is 0.147 e. The van der Waals surface area contributed by atoms with Gasteiger partial charge in [0.05, 0.1) is 9.50 Å². The standard InChI is InChI=1S/C14H12BrCl2NO/c1-8(18)9-2-5-13(11(15)6-9)19-14-7-10(16)3-4-12(14)17/h2-8H,18H2,1H3/t8-/m0/s1. The maximum Gasteiger partial charge on any atom is 0.147 e. The summed E-state index contributed by atoms with van der Waals surface area (Å²) in [6.07, 6.45) is 0. The molecule has 2 rings (SSSR count). The van der Waals surface area contributed by atoms with E-state index in [-0.39, 0.29) is 6.04 Å². The lowest BCUT2D eigenvalue weighted by molar-refractivity contribution is 0.479. The van der Waals surface area contributed by atoms with Crippen molar-refractivity contribution in [1.29, 1.82) is 0 Å². The zero-order chi connectivity index (χ0) is 14.0. The van der Waals surface area contributed by atoms with Crippen LogP contribution in [-0.4, -0.2) is 0 Å². The van der Waals surface area contributed by atoms with Crippen LogP contribution in [0.1, 0.15) is 18.5 Å². The SMILES string of the molecule is C[C@H](N)c1ccc(Oc2cc(Cl)ccc2Cl)c(Br)c1. The van der Waals surface area contributed by atoms with E-state index in [1.165, 1.54) is 0 Å². The fourth-order valence-electron chi connectivity index (χ4n) is 1.56. The number of rotatable bonds is 3. The van der Waals surface area contributed by atoms with E-state index in [0.717, 1.165) is 10.0 Å². The van der Waals surface area contributed by atoms with Crippen molar-refractivity contribution in [3.05, 3.63) is 56.5 Å². The maximum atomic E-state index is 6.06. The van der Waals surface area contributed by atoms with Crippen LogP contribution in [-0.2, 0) is 0 Å². The summed E-state index contributed by atoms with van der Waals surface area (Å²) < 4.78 is 6.57. The van der Waals surface area contributed by atoms with Gasteiger partial charge in [0, 0.05) is 17.1 Å². The van der Waals surface area contributed by atoms with Crippen molar-refractivity contribution in [2.45, 2.75) is 13.0 Å². The first-order valence-corrected chi connectivity index (χ1v) is 7.20. The lowest BCUT2D eigenvalue weighted by atomic mass is 10.1. The molecule has 19 heavy (non-hydrogen) atoms. The third-order valence-corrected chi connectivity index (χ3v) is 3.76. The molecule has 0 heterocycles. The minimum atomic E-state index is -0.0277.